The molecule has 2 aromatic carbocycles. The second kappa shape index (κ2) is 11.0. The van der Waals surface area contributed by atoms with Crippen LogP contribution in [0.4, 0.5) is 5.69 Å². The highest BCUT2D eigenvalue weighted by Crippen LogP contribution is 2.17. The highest BCUT2D eigenvalue weighted by Gasteiger charge is 2.10. The van der Waals surface area contributed by atoms with Crippen molar-refractivity contribution in [3.8, 4) is 11.5 Å². The first kappa shape index (κ1) is 20.5. The summed E-state index contributed by atoms with van der Waals surface area (Å²) in [4.78, 5) is 24.2. The van der Waals surface area contributed by atoms with E-state index in [1.165, 1.54) is 0 Å². The average molecular weight is 371 g/mol. The van der Waals surface area contributed by atoms with Crippen LogP contribution in [0.1, 0.15) is 30.1 Å². The van der Waals surface area contributed by atoms with Crippen LogP contribution in [0.15, 0.2) is 48.5 Å². The molecule has 1 N–H and O–H groups in total. The molecule has 0 saturated carbocycles. The standard InChI is InChI=1S/C21H25NO5/c1-3-26-18-8-4-16(5-9-18)20(23)12-13-21(24)22-17-6-10-19(11-7-17)27-15-14-25-2/h4-11H,3,12-15H2,1-2H3,(H,22,24). The van der Waals surface area contributed by atoms with Gasteiger partial charge in [0.15, 0.2) is 5.78 Å². The molecule has 2 rings (SSSR count). The van der Waals surface area contributed by atoms with E-state index in [1.54, 1.807) is 55.6 Å². The monoisotopic (exact) mass is 371 g/mol. The van der Waals surface area contributed by atoms with Gasteiger partial charge >= 0.3 is 0 Å². The molecular weight excluding hydrogens is 346 g/mol. The van der Waals surface area contributed by atoms with E-state index in [1.807, 2.05) is 6.92 Å². The van der Waals surface area contributed by atoms with E-state index in [0.717, 1.165) is 5.75 Å². The zero-order chi connectivity index (χ0) is 19.5. The molecule has 0 aliphatic carbocycles. The summed E-state index contributed by atoms with van der Waals surface area (Å²) < 4.78 is 15.7. The van der Waals surface area contributed by atoms with Crippen molar-refractivity contribution in [1.82, 2.24) is 0 Å². The van der Waals surface area contributed by atoms with Crippen molar-refractivity contribution in [3.63, 3.8) is 0 Å². The fraction of sp³-hybridized carbons (Fsp3) is 0.333. The minimum atomic E-state index is -0.206. The van der Waals surface area contributed by atoms with E-state index < -0.39 is 0 Å². The maximum Gasteiger partial charge on any atom is 0.224 e. The summed E-state index contributed by atoms with van der Waals surface area (Å²) in [5, 5.41) is 2.78. The van der Waals surface area contributed by atoms with Crippen LogP contribution in [0.5, 0.6) is 11.5 Å². The number of Topliss-reactive ketones (excluding diaryl/α,β-unsaturated/α-hetero) is 1. The van der Waals surface area contributed by atoms with Crippen molar-refractivity contribution in [2.24, 2.45) is 0 Å². The number of amides is 1. The Hall–Kier alpha value is -2.86. The third-order valence-electron chi connectivity index (χ3n) is 3.76. The Morgan fingerprint density at radius 3 is 2.11 bits per heavy atom. The smallest absolute Gasteiger partial charge is 0.224 e. The van der Waals surface area contributed by atoms with Crippen LogP contribution in [0.3, 0.4) is 0 Å². The molecule has 0 fully saturated rings. The van der Waals surface area contributed by atoms with Crippen LogP contribution in [0.25, 0.3) is 0 Å². The zero-order valence-electron chi connectivity index (χ0n) is 15.7. The van der Waals surface area contributed by atoms with Gasteiger partial charge in [0.25, 0.3) is 0 Å². The van der Waals surface area contributed by atoms with Gasteiger partial charge in [0.05, 0.1) is 13.2 Å². The summed E-state index contributed by atoms with van der Waals surface area (Å²) >= 11 is 0. The number of rotatable bonds is 11. The molecule has 0 bridgehead atoms. The number of ketones is 1. The predicted molar refractivity (Wildman–Crippen MR) is 104 cm³/mol. The quantitative estimate of drug-likeness (QED) is 0.481. The van der Waals surface area contributed by atoms with E-state index in [9.17, 15) is 9.59 Å². The zero-order valence-corrected chi connectivity index (χ0v) is 15.7. The number of carbonyl (C=O) groups excluding carboxylic acids is 2. The molecule has 6 nitrogen and oxygen atoms in total. The molecule has 6 heteroatoms. The van der Waals surface area contributed by atoms with Crippen molar-refractivity contribution in [2.45, 2.75) is 19.8 Å². The highest BCUT2D eigenvalue weighted by molar-refractivity contribution is 6.00. The first-order valence-electron chi connectivity index (χ1n) is 8.90. The van der Waals surface area contributed by atoms with Gasteiger partial charge in [-0.15, -0.1) is 0 Å². The van der Waals surface area contributed by atoms with Gasteiger partial charge in [-0.25, -0.2) is 0 Å². The predicted octanol–water partition coefficient (Wildman–Crippen LogP) is 3.71. The largest absolute Gasteiger partial charge is 0.494 e. The molecule has 27 heavy (non-hydrogen) atoms. The number of carbonyl (C=O) groups is 2. The Morgan fingerprint density at radius 1 is 0.852 bits per heavy atom. The minimum absolute atomic E-state index is 0.0740. The summed E-state index contributed by atoms with van der Waals surface area (Å²) in [5.41, 5.74) is 1.23. The van der Waals surface area contributed by atoms with Crippen LogP contribution < -0.4 is 14.8 Å². The molecule has 0 heterocycles. The average Bonchev–Trinajstić information content (AvgIpc) is 2.68. The molecule has 0 saturated heterocycles. The Morgan fingerprint density at radius 2 is 1.48 bits per heavy atom. The van der Waals surface area contributed by atoms with Crippen LogP contribution in [0.2, 0.25) is 0 Å². The SMILES string of the molecule is CCOc1ccc(C(=O)CCC(=O)Nc2ccc(OCCOC)cc2)cc1. The van der Waals surface area contributed by atoms with E-state index in [0.29, 0.717) is 36.8 Å². The summed E-state index contributed by atoms with van der Waals surface area (Å²) in [5.74, 6) is 1.15. The summed E-state index contributed by atoms with van der Waals surface area (Å²) in [6.45, 7) is 3.46. The lowest BCUT2D eigenvalue weighted by atomic mass is 10.1. The Kier molecular flexibility index (Phi) is 8.32. The third-order valence-corrected chi connectivity index (χ3v) is 3.76. The van der Waals surface area contributed by atoms with E-state index >= 15 is 0 Å². The number of methoxy groups -OCH3 is 1. The molecule has 0 atom stereocenters. The number of ether oxygens (including phenoxy) is 3. The molecule has 0 unspecified atom stereocenters. The van der Waals surface area contributed by atoms with Crippen molar-refractivity contribution in [2.75, 3.05) is 32.2 Å². The van der Waals surface area contributed by atoms with Gasteiger partial charge in [0.1, 0.15) is 18.1 Å². The van der Waals surface area contributed by atoms with Crippen molar-refractivity contribution >= 4 is 17.4 Å². The van der Waals surface area contributed by atoms with E-state index in [-0.39, 0.29) is 24.5 Å². The summed E-state index contributed by atoms with van der Waals surface area (Å²) in [6.07, 6.45) is 0.274. The maximum absolute atomic E-state index is 12.2. The van der Waals surface area contributed by atoms with Gasteiger partial charge in [0.2, 0.25) is 5.91 Å². The fourth-order valence-electron chi connectivity index (χ4n) is 2.38. The Bertz CT molecular complexity index is 725. The molecule has 0 aliphatic heterocycles. The van der Waals surface area contributed by atoms with Crippen molar-refractivity contribution in [1.29, 1.82) is 0 Å². The Labute approximate surface area is 159 Å². The number of anilines is 1. The fourth-order valence-corrected chi connectivity index (χ4v) is 2.38. The number of hydrogen-bond acceptors (Lipinski definition) is 5. The molecule has 2 aromatic rings. The maximum atomic E-state index is 12.2. The second-order valence-electron chi connectivity index (χ2n) is 5.79. The van der Waals surface area contributed by atoms with Crippen LogP contribution in [-0.4, -0.2) is 38.6 Å². The normalized spacial score (nSPS) is 10.3. The topological polar surface area (TPSA) is 73.9 Å². The van der Waals surface area contributed by atoms with Crippen LogP contribution >= 0.6 is 0 Å². The van der Waals surface area contributed by atoms with Crippen LogP contribution in [-0.2, 0) is 9.53 Å². The van der Waals surface area contributed by atoms with E-state index in [2.05, 4.69) is 5.32 Å². The lowest BCUT2D eigenvalue weighted by Gasteiger charge is -2.08. The van der Waals surface area contributed by atoms with Crippen molar-refractivity contribution < 1.29 is 23.8 Å². The Balaban J connectivity index is 1.77. The van der Waals surface area contributed by atoms with Gasteiger partial charge in [-0.3, -0.25) is 9.59 Å². The second-order valence-corrected chi connectivity index (χ2v) is 5.79. The van der Waals surface area contributed by atoms with Gasteiger partial charge in [-0.1, -0.05) is 0 Å². The highest BCUT2D eigenvalue weighted by atomic mass is 16.5. The molecule has 0 spiro atoms. The van der Waals surface area contributed by atoms with E-state index in [4.69, 9.17) is 14.2 Å². The number of nitrogens with one attached hydrogen (secondary N) is 1. The molecule has 144 valence electrons. The van der Waals surface area contributed by atoms with Gasteiger partial charge in [0, 0.05) is 31.2 Å². The molecule has 0 aromatic heterocycles. The van der Waals surface area contributed by atoms with Gasteiger partial charge in [-0.2, -0.15) is 0 Å². The molecule has 1 amide bonds. The number of benzene rings is 2. The number of hydrogen-bond donors (Lipinski definition) is 1. The lowest BCUT2D eigenvalue weighted by Crippen LogP contribution is -2.13. The first-order valence-corrected chi connectivity index (χ1v) is 8.90. The van der Waals surface area contributed by atoms with Gasteiger partial charge < -0.3 is 19.5 Å². The molecule has 0 aliphatic rings. The van der Waals surface area contributed by atoms with Crippen molar-refractivity contribution in [3.05, 3.63) is 54.1 Å². The minimum Gasteiger partial charge on any atom is -0.494 e. The molecular formula is C21H25NO5. The third kappa shape index (κ3) is 7.11. The summed E-state index contributed by atoms with van der Waals surface area (Å²) in [6, 6.07) is 14.0. The van der Waals surface area contributed by atoms with Gasteiger partial charge in [-0.05, 0) is 55.5 Å². The summed E-state index contributed by atoms with van der Waals surface area (Å²) in [7, 11) is 1.61. The molecule has 0 radical (unpaired) electrons. The van der Waals surface area contributed by atoms with Crippen LogP contribution in [0, 0.1) is 0 Å². The lowest BCUT2D eigenvalue weighted by molar-refractivity contribution is -0.116. The first-order chi connectivity index (χ1) is 13.1.